The first-order valence-corrected chi connectivity index (χ1v) is 7.83. The smallest absolute Gasteiger partial charge is 0.422 e. The van der Waals surface area contributed by atoms with Crippen molar-refractivity contribution in [3.05, 3.63) is 24.0 Å². The number of halogens is 4. The maximum atomic E-state index is 13.3. The molecule has 10 heteroatoms. The van der Waals surface area contributed by atoms with Gasteiger partial charge in [-0.2, -0.15) is 13.2 Å². The van der Waals surface area contributed by atoms with Crippen molar-refractivity contribution in [3.63, 3.8) is 0 Å². The summed E-state index contributed by atoms with van der Waals surface area (Å²) in [6, 6.07) is 2.10. The van der Waals surface area contributed by atoms with Crippen LogP contribution in [0.5, 0.6) is 5.75 Å². The minimum Gasteiger partial charge on any atom is -0.482 e. The molecule has 2 unspecified atom stereocenters. The molecular formula is C16H18F4N2O4. The van der Waals surface area contributed by atoms with Crippen LogP contribution < -0.4 is 10.1 Å². The molecule has 1 saturated heterocycles. The van der Waals surface area contributed by atoms with Gasteiger partial charge in [0.25, 0.3) is 0 Å². The fourth-order valence-corrected chi connectivity index (χ4v) is 2.77. The highest BCUT2D eigenvalue weighted by atomic mass is 19.4. The molecule has 1 aromatic carbocycles. The zero-order valence-electron chi connectivity index (χ0n) is 13.8. The van der Waals surface area contributed by atoms with E-state index in [4.69, 9.17) is 5.11 Å². The summed E-state index contributed by atoms with van der Waals surface area (Å²) in [7, 11) is 0. The van der Waals surface area contributed by atoms with E-state index < -0.39 is 42.3 Å². The van der Waals surface area contributed by atoms with E-state index in [9.17, 15) is 27.2 Å². The van der Waals surface area contributed by atoms with Gasteiger partial charge in [-0.05, 0) is 24.5 Å². The lowest BCUT2D eigenvalue weighted by Crippen LogP contribution is -2.47. The molecule has 2 N–H and O–H groups in total. The molecule has 6 nitrogen and oxygen atoms in total. The van der Waals surface area contributed by atoms with Crippen molar-refractivity contribution < 1.29 is 37.0 Å². The highest BCUT2D eigenvalue weighted by Gasteiger charge is 2.32. The normalized spacial score (nSPS) is 20.6. The standard InChI is InChI=1S/C16H18F4N2O4/c1-9-4-10(14(23)24)7-22(6-9)15(25)21-12-3-2-11(17)5-13(12)26-8-16(18,19)20/h2-3,5,9-10H,4,6-8H2,1H3,(H,21,25)(H,23,24). The molecule has 2 amide bonds. The number of carboxylic acids is 1. The number of nitrogens with one attached hydrogen (secondary N) is 1. The van der Waals surface area contributed by atoms with Crippen LogP contribution in [0.3, 0.4) is 0 Å². The number of anilines is 1. The predicted octanol–water partition coefficient (Wildman–Crippen LogP) is 3.34. The van der Waals surface area contributed by atoms with E-state index in [1.807, 2.05) is 0 Å². The largest absolute Gasteiger partial charge is 0.482 e. The zero-order valence-corrected chi connectivity index (χ0v) is 13.8. The van der Waals surface area contributed by atoms with Crippen LogP contribution in [0.1, 0.15) is 13.3 Å². The second kappa shape index (κ2) is 7.79. The lowest BCUT2D eigenvalue weighted by Gasteiger charge is -2.34. The molecule has 1 aliphatic heterocycles. The Hall–Kier alpha value is -2.52. The van der Waals surface area contributed by atoms with E-state index >= 15 is 0 Å². The van der Waals surface area contributed by atoms with Crippen LogP contribution in [0.4, 0.5) is 28.0 Å². The van der Waals surface area contributed by atoms with Gasteiger partial charge >= 0.3 is 18.2 Å². The molecule has 1 aromatic rings. The quantitative estimate of drug-likeness (QED) is 0.788. The Bertz CT molecular complexity index is 681. The average molecular weight is 378 g/mol. The molecule has 1 fully saturated rings. The van der Waals surface area contributed by atoms with Gasteiger partial charge in [0.15, 0.2) is 6.61 Å². The molecule has 1 heterocycles. The number of aliphatic carboxylic acids is 1. The van der Waals surface area contributed by atoms with Crippen molar-refractivity contribution in [1.29, 1.82) is 0 Å². The highest BCUT2D eigenvalue weighted by molar-refractivity contribution is 5.91. The Kier molecular flexibility index (Phi) is 5.94. The van der Waals surface area contributed by atoms with Crippen molar-refractivity contribution in [1.82, 2.24) is 4.90 Å². The number of nitrogens with zero attached hydrogens (tertiary/aromatic N) is 1. The fourth-order valence-electron chi connectivity index (χ4n) is 2.77. The number of carbonyl (C=O) groups excluding carboxylic acids is 1. The molecule has 0 aliphatic carbocycles. The summed E-state index contributed by atoms with van der Waals surface area (Å²) in [5, 5.41) is 11.5. The third kappa shape index (κ3) is 5.50. The number of amides is 2. The molecule has 0 spiro atoms. The second-order valence-corrected chi connectivity index (χ2v) is 6.26. The monoisotopic (exact) mass is 378 g/mol. The Balaban J connectivity index is 2.11. The number of rotatable bonds is 4. The van der Waals surface area contributed by atoms with Gasteiger partial charge in [0.05, 0.1) is 11.6 Å². The van der Waals surface area contributed by atoms with Gasteiger partial charge < -0.3 is 20.1 Å². The number of carbonyl (C=O) groups is 2. The summed E-state index contributed by atoms with van der Waals surface area (Å²) in [6.07, 6.45) is -4.19. The third-order valence-electron chi connectivity index (χ3n) is 3.87. The average Bonchev–Trinajstić information content (AvgIpc) is 2.53. The third-order valence-corrected chi connectivity index (χ3v) is 3.87. The first kappa shape index (κ1) is 19.8. The molecule has 26 heavy (non-hydrogen) atoms. The van der Waals surface area contributed by atoms with Crippen LogP contribution in [0.2, 0.25) is 0 Å². The summed E-state index contributed by atoms with van der Waals surface area (Å²) in [6.45, 7) is 0.438. The number of carboxylic acid groups (broad SMARTS) is 1. The van der Waals surface area contributed by atoms with Gasteiger partial charge in [0, 0.05) is 19.2 Å². The first-order valence-electron chi connectivity index (χ1n) is 7.83. The van der Waals surface area contributed by atoms with E-state index in [2.05, 4.69) is 10.1 Å². The van der Waals surface area contributed by atoms with Gasteiger partial charge in [-0.3, -0.25) is 4.79 Å². The van der Waals surface area contributed by atoms with Gasteiger partial charge in [-0.15, -0.1) is 0 Å². The van der Waals surface area contributed by atoms with Gasteiger partial charge in [0.2, 0.25) is 0 Å². The van der Waals surface area contributed by atoms with Gasteiger partial charge in [-0.25, -0.2) is 9.18 Å². The van der Waals surface area contributed by atoms with Crippen molar-refractivity contribution in [3.8, 4) is 5.75 Å². The molecule has 1 aliphatic rings. The van der Waals surface area contributed by atoms with Crippen LogP contribution in [0, 0.1) is 17.7 Å². The van der Waals surface area contributed by atoms with E-state index in [0.29, 0.717) is 13.0 Å². The van der Waals surface area contributed by atoms with Crippen LogP contribution >= 0.6 is 0 Å². The molecular weight excluding hydrogens is 360 g/mol. The van der Waals surface area contributed by atoms with Gasteiger partial charge in [0.1, 0.15) is 11.6 Å². The Labute approximate surface area is 146 Å². The minimum absolute atomic E-state index is 0.0224. The maximum absolute atomic E-state index is 13.3. The van der Waals surface area contributed by atoms with Crippen molar-refractivity contribution in [2.45, 2.75) is 19.5 Å². The van der Waals surface area contributed by atoms with Crippen molar-refractivity contribution in [2.75, 3.05) is 25.0 Å². The maximum Gasteiger partial charge on any atom is 0.422 e. The second-order valence-electron chi connectivity index (χ2n) is 6.26. The minimum atomic E-state index is -4.62. The number of likely N-dealkylation sites (tertiary alicyclic amines) is 1. The summed E-state index contributed by atoms with van der Waals surface area (Å²) in [5.41, 5.74) is -0.134. The first-order chi connectivity index (χ1) is 12.0. The number of ether oxygens (including phenoxy) is 1. The van der Waals surface area contributed by atoms with E-state index in [-0.39, 0.29) is 18.2 Å². The summed E-state index contributed by atoms with van der Waals surface area (Å²) < 4.78 is 54.8. The van der Waals surface area contributed by atoms with Crippen LogP contribution in [0.25, 0.3) is 0 Å². The Morgan fingerprint density at radius 2 is 2.04 bits per heavy atom. The molecule has 2 atom stereocenters. The highest BCUT2D eigenvalue weighted by Crippen LogP contribution is 2.29. The Morgan fingerprint density at radius 3 is 2.65 bits per heavy atom. The number of piperidine rings is 1. The van der Waals surface area contributed by atoms with Gasteiger partial charge in [-0.1, -0.05) is 6.92 Å². The van der Waals surface area contributed by atoms with E-state index in [1.54, 1.807) is 6.92 Å². The lowest BCUT2D eigenvalue weighted by atomic mass is 9.91. The van der Waals surface area contributed by atoms with E-state index in [1.165, 1.54) is 4.90 Å². The van der Waals surface area contributed by atoms with E-state index in [0.717, 1.165) is 18.2 Å². The van der Waals surface area contributed by atoms with Crippen LogP contribution in [0.15, 0.2) is 18.2 Å². The SMILES string of the molecule is CC1CC(C(=O)O)CN(C(=O)Nc2ccc(F)cc2OCC(F)(F)F)C1. The molecule has 2 rings (SSSR count). The number of hydrogen-bond acceptors (Lipinski definition) is 3. The zero-order chi connectivity index (χ0) is 19.5. The van der Waals surface area contributed by atoms with Crippen molar-refractivity contribution in [2.24, 2.45) is 11.8 Å². The van der Waals surface area contributed by atoms with Crippen LogP contribution in [-0.4, -0.2) is 47.9 Å². The Morgan fingerprint density at radius 1 is 1.35 bits per heavy atom. The summed E-state index contributed by atoms with van der Waals surface area (Å²) in [5.74, 6) is -3.08. The van der Waals surface area contributed by atoms with Crippen LogP contribution in [-0.2, 0) is 4.79 Å². The number of benzene rings is 1. The summed E-state index contributed by atoms with van der Waals surface area (Å²) in [4.78, 5) is 24.8. The molecule has 0 saturated carbocycles. The fraction of sp³-hybridized carbons (Fsp3) is 0.500. The topological polar surface area (TPSA) is 78.9 Å². The molecule has 0 radical (unpaired) electrons. The molecule has 144 valence electrons. The molecule has 0 bridgehead atoms. The number of hydrogen-bond donors (Lipinski definition) is 2. The predicted molar refractivity (Wildman–Crippen MR) is 83.4 cm³/mol. The number of urea groups is 1. The summed E-state index contributed by atoms with van der Waals surface area (Å²) >= 11 is 0. The van der Waals surface area contributed by atoms with Crippen molar-refractivity contribution >= 4 is 17.7 Å². The number of alkyl halides is 3. The molecule has 0 aromatic heterocycles. The lowest BCUT2D eigenvalue weighted by molar-refractivity contribution is -0.153.